The van der Waals surface area contributed by atoms with Crippen molar-refractivity contribution in [3.05, 3.63) is 11.5 Å². The first-order valence-corrected chi connectivity index (χ1v) is 9.01. The fraction of sp³-hybridized carbons (Fsp3) is 0.667. The molecular formula is C9H16N2O5S2. The Bertz CT molecular complexity index is 550. The molecule has 2 unspecified atom stereocenters. The fourth-order valence-electron chi connectivity index (χ4n) is 1.43. The monoisotopic (exact) mass is 296 g/mol. The van der Waals surface area contributed by atoms with Crippen molar-refractivity contribution in [2.45, 2.75) is 18.5 Å². The molecule has 0 saturated heterocycles. The van der Waals surface area contributed by atoms with Crippen LogP contribution in [0.4, 0.5) is 0 Å². The van der Waals surface area contributed by atoms with E-state index >= 15 is 0 Å². The van der Waals surface area contributed by atoms with Gasteiger partial charge in [0.1, 0.15) is 9.84 Å². The van der Waals surface area contributed by atoms with Gasteiger partial charge in [0.2, 0.25) is 5.91 Å². The molecular weight excluding hydrogens is 280 g/mol. The van der Waals surface area contributed by atoms with E-state index < -0.39 is 37.7 Å². The molecule has 0 spiro atoms. The molecule has 0 aliphatic carbocycles. The largest absolute Gasteiger partial charge is 0.347 e. The average molecular weight is 296 g/mol. The molecule has 1 heterocycles. The quantitative estimate of drug-likeness (QED) is 0.615. The van der Waals surface area contributed by atoms with Gasteiger partial charge in [0, 0.05) is 11.7 Å². The average Bonchev–Trinajstić information content (AvgIpc) is 2.53. The number of sulfone groups is 2. The molecule has 104 valence electrons. The summed E-state index contributed by atoms with van der Waals surface area (Å²) < 4.78 is 44.0. The molecule has 0 radical (unpaired) electrons. The van der Waals surface area contributed by atoms with Crippen LogP contribution in [-0.4, -0.2) is 52.6 Å². The molecule has 7 nitrogen and oxygen atoms in total. The molecule has 0 saturated carbocycles. The van der Waals surface area contributed by atoms with E-state index in [9.17, 15) is 21.6 Å². The van der Waals surface area contributed by atoms with E-state index in [0.29, 0.717) is 0 Å². The molecule has 1 rings (SSSR count). The highest BCUT2D eigenvalue weighted by Gasteiger charge is 2.25. The predicted molar refractivity (Wildman–Crippen MR) is 67.2 cm³/mol. The molecule has 9 heteroatoms. The first-order chi connectivity index (χ1) is 8.09. The summed E-state index contributed by atoms with van der Waals surface area (Å²) in [5.41, 5.74) is 5.52. The summed E-state index contributed by atoms with van der Waals surface area (Å²) in [6, 6.07) is -1.55. The Morgan fingerprint density at radius 1 is 1.56 bits per heavy atom. The number of amides is 1. The van der Waals surface area contributed by atoms with Gasteiger partial charge in [-0.1, -0.05) is 0 Å². The molecule has 0 aromatic rings. The van der Waals surface area contributed by atoms with E-state index in [2.05, 4.69) is 5.32 Å². The normalized spacial score (nSPS) is 23.8. The summed E-state index contributed by atoms with van der Waals surface area (Å²) >= 11 is 0. The Morgan fingerprint density at radius 2 is 2.17 bits per heavy atom. The van der Waals surface area contributed by atoms with Crippen molar-refractivity contribution in [1.29, 1.82) is 0 Å². The minimum Gasteiger partial charge on any atom is -0.347 e. The van der Waals surface area contributed by atoms with Crippen molar-refractivity contribution in [3.63, 3.8) is 0 Å². The van der Waals surface area contributed by atoms with Crippen LogP contribution in [0.3, 0.4) is 0 Å². The van der Waals surface area contributed by atoms with Gasteiger partial charge < -0.3 is 11.1 Å². The zero-order valence-electron chi connectivity index (χ0n) is 9.87. The minimum absolute atomic E-state index is 0.00779. The molecule has 1 aliphatic rings. The van der Waals surface area contributed by atoms with Gasteiger partial charge in [-0.05, 0) is 12.5 Å². The van der Waals surface area contributed by atoms with E-state index in [1.54, 1.807) is 0 Å². The van der Waals surface area contributed by atoms with Crippen molar-refractivity contribution < 1.29 is 21.6 Å². The zero-order chi connectivity index (χ0) is 14.0. The second-order valence-corrected chi connectivity index (χ2v) is 8.49. The fourth-order valence-corrected chi connectivity index (χ4v) is 3.34. The van der Waals surface area contributed by atoms with Crippen LogP contribution in [0.2, 0.25) is 0 Å². The summed E-state index contributed by atoms with van der Waals surface area (Å²) in [4.78, 5) is 11.6. The summed E-state index contributed by atoms with van der Waals surface area (Å²) in [6.07, 6.45) is 2.44. The molecule has 18 heavy (non-hydrogen) atoms. The first-order valence-electron chi connectivity index (χ1n) is 5.24. The summed E-state index contributed by atoms with van der Waals surface area (Å²) in [5.74, 6) is -0.914. The number of rotatable bonds is 5. The Morgan fingerprint density at radius 3 is 2.61 bits per heavy atom. The Hall–Kier alpha value is -0.930. The molecule has 0 fully saturated rings. The van der Waals surface area contributed by atoms with Crippen molar-refractivity contribution in [2.75, 3.05) is 17.8 Å². The lowest BCUT2D eigenvalue weighted by Gasteiger charge is -2.14. The molecule has 0 aromatic heterocycles. The number of carbonyl (C=O) groups excluding carboxylic acids is 1. The van der Waals surface area contributed by atoms with Crippen LogP contribution >= 0.6 is 0 Å². The van der Waals surface area contributed by atoms with Gasteiger partial charge in [-0.3, -0.25) is 4.79 Å². The van der Waals surface area contributed by atoms with Crippen LogP contribution in [0.1, 0.15) is 6.42 Å². The summed E-state index contributed by atoms with van der Waals surface area (Å²) in [5, 5.41) is 3.49. The Balaban J connectivity index is 2.44. The van der Waals surface area contributed by atoms with Crippen molar-refractivity contribution >= 4 is 25.6 Å². The standard InChI is InChI=1S/C9H16N2O5S2/c1-17(13,14)4-3-8(10)9(12)11-7-2-5-18(15,16)6-7/h2,5,7-8H,3-4,6,10H2,1H3,(H,11,12). The van der Waals surface area contributed by atoms with Gasteiger partial charge in [0.15, 0.2) is 9.84 Å². The third kappa shape index (κ3) is 5.15. The highest BCUT2D eigenvalue weighted by atomic mass is 32.2. The highest BCUT2D eigenvalue weighted by molar-refractivity contribution is 7.94. The number of nitrogens with one attached hydrogen (secondary N) is 1. The second-order valence-electron chi connectivity index (χ2n) is 4.30. The molecule has 2 atom stereocenters. The second kappa shape index (κ2) is 5.37. The summed E-state index contributed by atoms with van der Waals surface area (Å²) in [7, 11) is -6.40. The molecule has 1 amide bonds. The molecule has 1 aliphatic heterocycles. The van der Waals surface area contributed by atoms with Crippen LogP contribution < -0.4 is 11.1 Å². The zero-order valence-corrected chi connectivity index (χ0v) is 11.5. The SMILES string of the molecule is CS(=O)(=O)CCC(N)C(=O)NC1C=CS(=O)(=O)C1. The lowest BCUT2D eigenvalue weighted by atomic mass is 10.2. The highest BCUT2D eigenvalue weighted by Crippen LogP contribution is 2.08. The van der Waals surface area contributed by atoms with Gasteiger partial charge >= 0.3 is 0 Å². The third-order valence-electron chi connectivity index (χ3n) is 2.39. The molecule has 0 aromatic carbocycles. The van der Waals surface area contributed by atoms with Crippen LogP contribution in [-0.2, 0) is 24.5 Å². The van der Waals surface area contributed by atoms with Crippen LogP contribution in [0.15, 0.2) is 11.5 Å². The van der Waals surface area contributed by atoms with Crippen molar-refractivity contribution in [3.8, 4) is 0 Å². The van der Waals surface area contributed by atoms with Gasteiger partial charge in [-0.15, -0.1) is 0 Å². The lowest BCUT2D eigenvalue weighted by molar-refractivity contribution is -0.122. The number of hydrogen-bond donors (Lipinski definition) is 2. The van der Waals surface area contributed by atoms with Gasteiger partial charge in [0.05, 0.1) is 23.6 Å². The van der Waals surface area contributed by atoms with E-state index in [4.69, 9.17) is 5.73 Å². The smallest absolute Gasteiger partial charge is 0.237 e. The number of hydrogen-bond acceptors (Lipinski definition) is 6. The molecule has 0 bridgehead atoms. The van der Waals surface area contributed by atoms with Crippen molar-refractivity contribution in [2.24, 2.45) is 5.73 Å². The number of carbonyl (C=O) groups is 1. The Labute approximate surface area is 106 Å². The topological polar surface area (TPSA) is 123 Å². The Kier molecular flexibility index (Phi) is 4.51. The van der Waals surface area contributed by atoms with E-state index in [1.807, 2.05) is 0 Å². The first kappa shape index (κ1) is 15.1. The molecule has 3 N–H and O–H groups in total. The van der Waals surface area contributed by atoms with Crippen LogP contribution in [0.5, 0.6) is 0 Å². The van der Waals surface area contributed by atoms with E-state index in [-0.39, 0.29) is 17.9 Å². The van der Waals surface area contributed by atoms with Gasteiger partial charge in [0.25, 0.3) is 0 Å². The number of nitrogens with two attached hydrogens (primary N) is 1. The van der Waals surface area contributed by atoms with Crippen LogP contribution in [0.25, 0.3) is 0 Å². The predicted octanol–water partition coefficient (Wildman–Crippen LogP) is -1.82. The maximum absolute atomic E-state index is 11.6. The maximum atomic E-state index is 11.6. The third-order valence-corrected chi connectivity index (χ3v) is 4.77. The van der Waals surface area contributed by atoms with Crippen molar-refractivity contribution in [1.82, 2.24) is 5.32 Å². The van der Waals surface area contributed by atoms with Gasteiger partial charge in [-0.2, -0.15) is 0 Å². The lowest BCUT2D eigenvalue weighted by Crippen LogP contribution is -2.46. The van der Waals surface area contributed by atoms with E-state index in [0.717, 1.165) is 11.7 Å². The minimum atomic E-state index is -3.23. The maximum Gasteiger partial charge on any atom is 0.237 e. The van der Waals surface area contributed by atoms with E-state index in [1.165, 1.54) is 6.08 Å². The van der Waals surface area contributed by atoms with Gasteiger partial charge in [-0.25, -0.2) is 16.8 Å². The van der Waals surface area contributed by atoms with Crippen LogP contribution in [0, 0.1) is 0 Å². The summed E-state index contributed by atoms with van der Waals surface area (Å²) in [6.45, 7) is 0.